The summed E-state index contributed by atoms with van der Waals surface area (Å²) >= 11 is 3.07. The zero-order valence-corrected chi connectivity index (χ0v) is 24.9. The Morgan fingerprint density at radius 1 is 1.18 bits per heavy atom. The van der Waals surface area contributed by atoms with Crippen LogP contribution in [0, 0.1) is 45.8 Å². The molecule has 2 heterocycles. The van der Waals surface area contributed by atoms with Gasteiger partial charge in [0.2, 0.25) is 5.91 Å². The number of fused-ring (bicyclic) bond motifs is 1. The number of hydrogen-bond acceptors (Lipinski definition) is 6. The van der Waals surface area contributed by atoms with Crippen LogP contribution in [0.1, 0.15) is 94.5 Å². The van der Waals surface area contributed by atoms with E-state index < -0.39 is 0 Å². The molecule has 7 rings (SSSR count). The molecule has 1 N–H and O–H groups in total. The molecule has 1 unspecified atom stereocenters. The van der Waals surface area contributed by atoms with Crippen molar-refractivity contribution in [1.29, 1.82) is 5.26 Å². The van der Waals surface area contributed by atoms with E-state index in [0.717, 1.165) is 71.5 Å². The van der Waals surface area contributed by atoms with Gasteiger partial charge in [-0.2, -0.15) is 5.26 Å². The minimum absolute atomic E-state index is 0.0780. The summed E-state index contributed by atoms with van der Waals surface area (Å²) in [5.41, 5.74) is 2.50. The molecular formula is C30H41N5OS2. The Hall–Kier alpha value is -1.85. The molecule has 5 aliphatic carbocycles. The Labute approximate surface area is 235 Å². The molecule has 2 aromatic rings. The van der Waals surface area contributed by atoms with Gasteiger partial charge in [0.25, 0.3) is 0 Å². The van der Waals surface area contributed by atoms with E-state index in [1.165, 1.54) is 55.2 Å². The molecule has 204 valence electrons. The Balaban J connectivity index is 1.11. The van der Waals surface area contributed by atoms with Gasteiger partial charge in [0, 0.05) is 17.8 Å². The van der Waals surface area contributed by atoms with E-state index >= 15 is 0 Å². The lowest BCUT2D eigenvalue weighted by Gasteiger charge is -2.56. The topological polar surface area (TPSA) is 83.6 Å². The lowest BCUT2D eigenvalue weighted by atomic mass is 9.49. The van der Waals surface area contributed by atoms with E-state index in [1.807, 2.05) is 0 Å². The number of carbonyl (C=O) groups excluding carboxylic acids is 1. The van der Waals surface area contributed by atoms with Crippen LogP contribution in [0.15, 0.2) is 5.16 Å². The van der Waals surface area contributed by atoms with Gasteiger partial charge in [-0.05, 0) is 105 Å². The molecule has 0 spiro atoms. The van der Waals surface area contributed by atoms with Crippen LogP contribution in [0.2, 0.25) is 0 Å². The summed E-state index contributed by atoms with van der Waals surface area (Å²) < 4.78 is 2.23. The van der Waals surface area contributed by atoms with Crippen LogP contribution in [0.3, 0.4) is 0 Å². The Kier molecular flexibility index (Phi) is 6.91. The lowest BCUT2D eigenvalue weighted by Crippen LogP contribution is -2.47. The second-order valence-electron chi connectivity index (χ2n) is 13.7. The number of rotatable bonds is 7. The first-order valence-corrected chi connectivity index (χ1v) is 16.4. The van der Waals surface area contributed by atoms with Gasteiger partial charge in [-0.15, -0.1) is 21.5 Å². The number of nitrogens with one attached hydrogen (secondary N) is 1. The normalized spacial score (nSPS) is 29.8. The van der Waals surface area contributed by atoms with Crippen molar-refractivity contribution in [3.05, 3.63) is 21.8 Å². The van der Waals surface area contributed by atoms with Crippen LogP contribution in [-0.2, 0) is 30.6 Å². The third-order valence-electron chi connectivity index (χ3n) is 10.00. The van der Waals surface area contributed by atoms with Crippen LogP contribution in [-0.4, -0.2) is 26.4 Å². The number of carbonyl (C=O) groups is 1. The second kappa shape index (κ2) is 9.96. The first kappa shape index (κ1) is 26.4. The molecule has 0 aromatic carbocycles. The van der Waals surface area contributed by atoms with Crippen molar-refractivity contribution < 1.29 is 4.79 Å². The molecule has 0 radical (unpaired) electrons. The number of amides is 1. The molecule has 38 heavy (non-hydrogen) atoms. The maximum absolute atomic E-state index is 13.0. The minimum atomic E-state index is -0.0780. The molecule has 4 saturated carbocycles. The van der Waals surface area contributed by atoms with Crippen molar-refractivity contribution in [2.24, 2.45) is 34.5 Å². The highest BCUT2D eigenvalue weighted by Crippen LogP contribution is 2.61. The SMILES string of the molecule is CCn1c(CC23CC4CC(CC(C4)C2)C3)nnc1SCC(=O)Nc1sc2c(c1C#N)CCC(C(C)(C)C)C2. The fourth-order valence-corrected chi connectivity index (χ4v) is 10.7. The highest BCUT2D eigenvalue weighted by molar-refractivity contribution is 7.99. The number of anilines is 1. The van der Waals surface area contributed by atoms with E-state index in [9.17, 15) is 10.1 Å². The third kappa shape index (κ3) is 4.94. The molecular weight excluding hydrogens is 510 g/mol. The lowest BCUT2D eigenvalue weighted by molar-refractivity contribution is -0.113. The number of thioether (sulfide) groups is 1. The fraction of sp³-hybridized carbons (Fsp3) is 0.733. The average Bonchev–Trinajstić information content (AvgIpc) is 3.39. The molecule has 5 aliphatic rings. The van der Waals surface area contributed by atoms with Crippen molar-refractivity contribution in [3.8, 4) is 6.07 Å². The van der Waals surface area contributed by atoms with Gasteiger partial charge in [-0.25, -0.2) is 0 Å². The van der Waals surface area contributed by atoms with Crippen LogP contribution in [0.25, 0.3) is 0 Å². The fourth-order valence-electron chi connectivity index (χ4n) is 8.54. The quantitative estimate of drug-likeness (QED) is 0.380. The predicted octanol–water partition coefficient (Wildman–Crippen LogP) is 6.87. The summed E-state index contributed by atoms with van der Waals surface area (Å²) in [6, 6.07) is 2.38. The summed E-state index contributed by atoms with van der Waals surface area (Å²) in [6.07, 6.45) is 12.5. The number of hydrogen-bond donors (Lipinski definition) is 1. The van der Waals surface area contributed by atoms with Crippen LogP contribution >= 0.6 is 23.1 Å². The van der Waals surface area contributed by atoms with Gasteiger partial charge in [0.05, 0.1) is 11.3 Å². The van der Waals surface area contributed by atoms with Gasteiger partial charge < -0.3 is 9.88 Å². The van der Waals surface area contributed by atoms with E-state index in [-0.39, 0.29) is 17.1 Å². The molecule has 4 bridgehead atoms. The van der Waals surface area contributed by atoms with Gasteiger partial charge >= 0.3 is 0 Å². The van der Waals surface area contributed by atoms with Crippen LogP contribution < -0.4 is 5.32 Å². The minimum Gasteiger partial charge on any atom is -0.316 e. The molecule has 0 saturated heterocycles. The molecule has 0 aliphatic heterocycles. The summed E-state index contributed by atoms with van der Waals surface area (Å²) in [5, 5.41) is 23.7. The molecule has 1 amide bonds. The molecule has 6 nitrogen and oxygen atoms in total. The molecule has 2 aromatic heterocycles. The highest BCUT2D eigenvalue weighted by atomic mass is 32.2. The van der Waals surface area contributed by atoms with Crippen molar-refractivity contribution in [1.82, 2.24) is 14.8 Å². The van der Waals surface area contributed by atoms with Gasteiger partial charge in [-0.3, -0.25) is 4.79 Å². The molecule has 8 heteroatoms. The van der Waals surface area contributed by atoms with Gasteiger partial charge in [0.1, 0.15) is 16.9 Å². The first-order valence-electron chi connectivity index (χ1n) is 14.6. The summed E-state index contributed by atoms with van der Waals surface area (Å²) in [4.78, 5) is 14.3. The summed E-state index contributed by atoms with van der Waals surface area (Å²) in [5.74, 6) is 4.68. The molecule has 1 atom stereocenters. The smallest absolute Gasteiger partial charge is 0.235 e. The van der Waals surface area contributed by atoms with Crippen LogP contribution in [0.5, 0.6) is 0 Å². The van der Waals surface area contributed by atoms with Crippen molar-refractivity contribution >= 4 is 34.0 Å². The number of nitrogens with zero attached hydrogens (tertiary/aromatic N) is 4. The van der Waals surface area contributed by atoms with Crippen LogP contribution in [0.4, 0.5) is 5.00 Å². The van der Waals surface area contributed by atoms with Gasteiger partial charge in [-0.1, -0.05) is 32.5 Å². The zero-order valence-electron chi connectivity index (χ0n) is 23.3. The highest BCUT2D eigenvalue weighted by Gasteiger charge is 2.51. The third-order valence-corrected chi connectivity index (χ3v) is 12.1. The maximum Gasteiger partial charge on any atom is 0.235 e. The monoisotopic (exact) mass is 551 g/mol. The van der Waals surface area contributed by atoms with E-state index in [2.05, 4.69) is 53.8 Å². The van der Waals surface area contributed by atoms with E-state index in [0.29, 0.717) is 16.9 Å². The Morgan fingerprint density at radius 3 is 2.47 bits per heavy atom. The summed E-state index contributed by atoms with van der Waals surface area (Å²) in [7, 11) is 0. The Morgan fingerprint density at radius 2 is 1.87 bits per heavy atom. The second-order valence-corrected chi connectivity index (χ2v) is 15.7. The largest absolute Gasteiger partial charge is 0.316 e. The molecule has 4 fully saturated rings. The van der Waals surface area contributed by atoms with Crippen molar-refractivity contribution in [3.63, 3.8) is 0 Å². The van der Waals surface area contributed by atoms with E-state index in [1.54, 1.807) is 11.3 Å². The Bertz CT molecular complexity index is 1230. The zero-order chi connectivity index (χ0) is 26.7. The maximum atomic E-state index is 13.0. The summed E-state index contributed by atoms with van der Waals surface area (Å²) in [6.45, 7) is 9.86. The number of aromatic nitrogens is 3. The van der Waals surface area contributed by atoms with Crippen molar-refractivity contribution in [2.75, 3.05) is 11.1 Å². The van der Waals surface area contributed by atoms with E-state index in [4.69, 9.17) is 0 Å². The number of nitriles is 1. The van der Waals surface area contributed by atoms with Crippen molar-refractivity contribution in [2.45, 2.75) is 104 Å². The van der Waals surface area contributed by atoms with Gasteiger partial charge in [0.15, 0.2) is 5.16 Å². The average molecular weight is 552 g/mol. The first-order chi connectivity index (χ1) is 18.2. The predicted molar refractivity (Wildman–Crippen MR) is 153 cm³/mol. The standard InChI is InChI=1S/C30H41N5OS2/c1-5-35-25(15-30-12-18-8-19(13-30)10-20(9-18)14-30)33-34-28(35)37-17-26(36)32-27-23(16-31)22-7-6-21(29(2,3)4)11-24(22)38-27/h18-21H,5-15,17H2,1-4H3,(H,32,36). The number of thiophene rings is 1.